The van der Waals surface area contributed by atoms with Crippen molar-refractivity contribution in [2.24, 2.45) is 5.92 Å². The molecule has 0 saturated carbocycles. The van der Waals surface area contributed by atoms with Crippen LogP contribution in [0.25, 0.3) is 0 Å². The monoisotopic (exact) mass is 282 g/mol. The lowest BCUT2D eigenvalue weighted by Crippen LogP contribution is -2.45. The Labute approximate surface area is 120 Å². The lowest BCUT2D eigenvalue weighted by atomic mass is 9.83. The Kier molecular flexibility index (Phi) is 5.11. The minimum absolute atomic E-state index is 0.0492. The van der Waals surface area contributed by atoms with Crippen LogP contribution in [0.15, 0.2) is 18.2 Å². The summed E-state index contributed by atoms with van der Waals surface area (Å²) >= 11 is 0. The van der Waals surface area contributed by atoms with Crippen LogP contribution in [0.1, 0.15) is 38.3 Å². The van der Waals surface area contributed by atoms with Gasteiger partial charge in [-0.1, -0.05) is 0 Å². The van der Waals surface area contributed by atoms with Crippen molar-refractivity contribution in [3.05, 3.63) is 35.4 Å². The summed E-state index contributed by atoms with van der Waals surface area (Å²) in [5, 5.41) is 3.19. The maximum Gasteiger partial charge on any atom is 0.128 e. The summed E-state index contributed by atoms with van der Waals surface area (Å²) in [6.45, 7) is 6.00. The SMILES string of the molecule is CNCC1CCCN(C(C)C)C1c1cc(F)ccc1F. The fourth-order valence-corrected chi connectivity index (χ4v) is 3.33. The molecule has 1 fully saturated rings. The minimum atomic E-state index is -0.362. The number of hydrogen-bond donors (Lipinski definition) is 1. The molecule has 1 saturated heterocycles. The molecule has 1 aliphatic rings. The topological polar surface area (TPSA) is 15.3 Å². The third-order valence-corrected chi connectivity index (χ3v) is 4.20. The van der Waals surface area contributed by atoms with Crippen LogP contribution in [0.3, 0.4) is 0 Å². The highest BCUT2D eigenvalue weighted by Crippen LogP contribution is 2.38. The molecule has 1 aromatic carbocycles. The summed E-state index contributed by atoms with van der Waals surface area (Å²) < 4.78 is 27.7. The standard InChI is InChI=1S/C16H24F2N2/c1-11(2)20-8-4-5-12(10-19-3)16(20)14-9-13(17)6-7-15(14)18/h6-7,9,11-12,16,19H,4-5,8,10H2,1-3H3. The van der Waals surface area contributed by atoms with Crippen molar-refractivity contribution in [2.45, 2.75) is 38.8 Å². The van der Waals surface area contributed by atoms with E-state index in [-0.39, 0.29) is 17.7 Å². The summed E-state index contributed by atoms with van der Waals surface area (Å²) in [5.41, 5.74) is 0.499. The number of nitrogens with zero attached hydrogens (tertiary/aromatic N) is 1. The van der Waals surface area contributed by atoms with Gasteiger partial charge in [0.15, 0.2) is 0 Å². The fourth-order valence-electron chi connectivity index (χ4n) is 3.33. The zero-order valence-electron chi connectivity index (χ0n) is 12.5. The van der Waals surface area contributed by atoms with Gasteiger partial charge in [-0.25, -0.2) is 8.78 Å². The number of likely N-dealkylation sites (tertiary alicyclic amines) is 1. The van der Waals surface area contributed by atoms with Gasteiger partial charge in [0.25, 0.3) is 0 Å². The van der Waals surface area contributed by atoms with E-state index in [0.29, 0.717) is 17.5 Å². The molecule has 20 heavy (non-hydrogen) atoms. The summed E-state index contributed by atoms with van der Waals surface area (Å²) in [7, 11) is 1.91. The summed E-state index contributed by atoms with van der Waals surface area (Å²) in [6.07, 6.45) is 2.16. The van der Waals surface area contributed by atoms with Crippen molar-refractivity contribution in [1.82, 2.24) is 10.2 Å². The molecule has 0 bridgehead atoms. The summed E-state index contributed by atoms with van der Waals surface area (Å²) in [5.74, 6) is -0.351. The highest BCUT2D eigenvalue weighted by molar-refractivity contribution is 5.24. The molecule has 2 rings (SSSR count). The average molecular weight is 282 g/mol. The van der Waals surface area contributed by atoms with Gasteiger partial charge >= 0.3 is 0 Å². The van der Waals surface area contributed by atoms with Crippen molar-refractivity contribution in [2.75, 3.05) is 20.1 Å². The number of piperidine rings is 1. The van der Waals surface area contributed by atoms with E-state index in [1.165, 1.54) is 18.2 Å². The van der Waals surface area contributed by atoms with E-state index in [4.69, 9.17) is 0 Å². The molecule has 0 radical (unpaired) electrons. The summed E-state index contributed by atoms with van der Waals surface area (Å²) in [6, 6.07) is 4.07. The first-order valence-corrected chi connectivity index (χ1v) is 7.40. The number of hydrogen-bond acceptors (Lipinski definition) is 2. The molecule has 2 nitrogen and oxygen atoms in total. The Morgan fingerprint density at radius 1 is 1.35 bits per heavy atom. The molecule has 0 spiro atoms. The quantitative estimate of drug-likeness (QED) is 0.911. The number of nitrogens with one attached hydrogen (secondary N) is 1. The molecule has 0 aromatic heterocycles. The molecule has 4 heteroatoms. The van der Waals surface area contributed by atoms with Gasteiger partial charge in [0.05, 0.1) is 0 Å². The maximum absolute atomic E-state index is 14.2. The van der Waals surface area contributed by atoms with Gasteiger partial charge in [-0.3, -0.25) is 4.90 Å². The first kappa shape index (κ1) is 15.4. The van der Waals surface area contributed by atoms with Crippen LogP contribution in [0, 0.1) is 17.6 Å². The van der Waals surface area contributed by atoms with Crippen LogP contribution in [0.2, 0.25) is 0 Å². The predicted molar refractivity (Wildman–Crippen MR) is 77.6 cm³/mol. The van der Waals surface area contributed by atoms with Crippen LogP contribution >= 0.6 is 0 Å². The van der Waals surface area contributed by atoms with Crippen LogP contribution in [-0.2, 0) is 0 Å². The fraction of sp³-hybridized carbons (Fsp3) is 0.625. The zero-order valence-corrected chi connectivity index (χ0v) is 12.5. The molecule has 2 unspecified atom stereocenters. The van der Waals surface area contributed by atoms with Gasteiger partial charge in [0.1, 0.15) is 11.6 Å². The van der Waals surface area contributed by atoms with Gasteiger partial charge < -0.3 is 5.32 Å². The first-order valence-electron chi connectivity index (χ1n) is 7.40. The Bertz CT molecular complexity index is 446. The van der Waals surface area contributed by atoms with Crippen molar-refractivity contribution >= 4 is 0 Å². The average Bonchev–Trinajstić information content (AvgIpc) is 2.42. The number of rotatable bonds is 4. The maximum atomic E-state index is 14.2. The van der Waals surface area contributed by atoms with Gasteiger partial charge in [-0.05, 0) is 70.9 Å². The van der Waals surface area contributed by atoms with Gasteiger partial charge in [0, 0.05) is 17.6 Å². The molecule has 112 valence electrons. The van der Waals surface area contributed by atoms with Crippen LogP contribution in [-0.4, -0.2) is 31.1 Å². The van der Waals surface area contributed by atoms with Crippen molar-refractivity contribution < 1.29 is 8.78 Å². The third kappa shape index (κ3) is 3.18. The second-order valence-corrected chi connectivity index (χ2v) is 5.90. The van der Waals surface area contributed by atoms with Crippen LogP contribution < -0.4 is 5.32 Å². The predicted octanol–water partition coefficient (Wildman–Crippen LogP) is 3.35. The molecule has 1 heterocycles. The Hall–Kier alpha value is -1.00. The van der Waals surface area contributed by atoms with Crippen molar-refractivity contribution in [1.29, 1.82) is 0 Å². The highest BCUT2D eigenvalue weighted by atomic mass is 19.1. The van der Waals surface area contributed by atoms with E-state index in [1.807, 2.05) is 7.05 Å². The molecule has 2 atom stereocenters. The first-order chi connectivity index (χ1) is 9.54. The lowest BCUT2D eigenvalue weighted by molar-refractivity contribution is 0.0611. The van der Waals surface area contributed by atoms with Gasteiger partial charge in [-0.15, -0.1) is 0 Å². The molecule has 1 N–H and O–H groups in total. The van der Waals surface area contributed by atoms with E-state index < -0.39 is 0 Å². The normalized spacial score (nSPS) is 24.3. The van der Waals surface area contributed by atoms with E-state index in [0.717, 1.165) is 25.9 Å². The van der Waals surface area contributed by atoms with E-state index in [1.54, 1.807) is 0 Å². The Morgan fingerprint density at radius 3 is 2.75 bits per heavy atom. The van der Waals surface area contributed by atoms with Gasteiger partial charge in [0.2, 0.25) is 0 Å². The van der Waals surface area contributed by atoms with Crippen molar-refractivity contribution in [3.8, 4) is 0 Å². The van der Waals surface area contributed by atoms with Crippen LogP contribution in [0.5, 0.6) is 0 Å². The Morgan fingerprint density at radius 2 is 2.10 bits per heavy atom. The van der Waals surface area contributed by atoms with Crippen molar-refractivity contribution in [3.63, 3.8) is 0 Å². The number of benzene rings is 1. The molecule has 1 aromatic rings. The molecular formula is C16H24F2N2. The number of halogens is 2. The molecule has 0 aliphatic carbocycles. The molecule has 0 amide bonds. The molecule has 1 aliphatic heterocycles. The highest BCUT2D eigenvalue weighted by Gasteiger charge is 2.35. The second kappa shape index (κ2) is 6.64. The third-order valence-electron chi connectivity index (χ3n) is 4.20. The smallest absolute Gasteiger partial charge is 0.128 e. The van der Waals surface area contributed by atoms with Crippen LogP contribution in [0.4, 0.5) is 8.78 Å². The molecular weight excluding hydrogens is 258 g/mol. The zero-order chi connectivity index (χ0) is 14.7. The van der Waals surface area contributed by atoms with E-state index in [9.17, 15) is 8.78 Å². The van der Waals surface area contributed by atoms with E-state index >= 15 is 0 Å². The van der Waals surface area contributed by atoms with E-state index in [2.05, 4.69) is 24.1 Å². The second-order valence-electron chi connectivity index (χ2n) is 5.90. The minimum Gasteiger partial charge on any atom is -0.319 e. The summed E-state index contributed by atoms with van der Waals surface area (Å²) in [4.78, 5) is 2.30. The largest absolute Gasteiger partial charge is 0.319 e. The lowest BCUT2D eigenvalue weighted by Gasteiger charge is -2.44. The van der Waals surface area contributed by atoms with Gasteiger partial charge in [-0.2, -0.15) is 0 Å². The Balaban J connectivity index is 2.40.